The van der Waals surface area contributed by atoms with Crippen molar-refractivity contribution in [2.75, 3.05) is 25.1 Å². The van der Waals surface area contributed by atoms with E-state index in [0.717, 1.165) is 17.0 Å². The first-order chi connectivity index (χ1) is 17.6. The van der Waals surface area contributed by atoms with Gasteiger partial charge < -0.3 is 20.4 Å². The number of alkyl halides is 3. The van der Waals surface area contributed by atoms with Crippen molar-refractivity contribution < 1.29 is 23.4 Å². The SMILES string of the molecule is CN(c1nc(O)c(C(=Cc2ccc(Cl)cc2C(F)(F)F)c2ccc3[nH]ncc3c2)s1)C1CNC(CO)C1. The van der Waals surface area contributed by atoms with E-state index in [1.807, 2.05) is 11.9 Å². The average molecular weight is 550 g/mol. The summed E-state index contributed by atoms with van der Waals surface area (Å²) in [5.41, 5.74) is 0.769. The highest BCUT2D eigenvalue weighted by atomic mass is 35.5. The van der Waals surface area contributed by atoms with Crippen LogP contribution in [0.25, 0.3) is 22.6 Å². The number of nitrogens with zero attached hydrogens (tertiary/aromatic N) is 3. The molecule has 0 bridgehead atoms. The van der Waals surface area contributed by atoms with Gasteiger partial charge in [0.15, 0.2) is 5.13 Å². The van der Waals surface area contributed by atoms with Crippen LogP contribution in [-0.4, -0.2) is 57.7 Å². The van der Waals surface area contributed by atoms with Gasteiger partial charge in [0.2, 0.25) is 5.88 Å². The van der Waals surface area contributed by atoms with Crippen molar-refractivity contribution in [3.05, 3.63) is 69.2 Å². The minimum absolute atomic E-state index is 0.0186. The number of hydrogen-bond acceptors (Lipinski definition) is 7. The molecular weight excluding hydrogens is 527 g/mol. The normalized spacial score (nSPS) is 18.6. The molecule has 1 saturated heterocycles. The molecule has 0 amide bonds. The fourth-order valence-corrected chi connectivity index (χ4v) is 5.66. The molecule has 2 aromatic heterocycles. The van der Waals surface area contributed by atoms with Crippen LogP contribution < -0.4 is 10.2 Å². The molecule has 0 spiro atoms. The summed E-state index contributed by atoms with van der Waals surface area (Å²) in [5, 5.41) is 31.7. The van der Waals surface area contributed by atoms with Crippen molar-refractivity contribution in [2.24, 2.45) is 0 Å². The number of anilines is 1. The Balaban J connectivity index is 1.63. The summed E-state index contributed by atoms with van der Waals surface area (Å²) in [4.78, 5) is 6.58. The van der Waals surface area contributed by atoms with Crippen molar-refractivity contribution in [1.29, 1.82) is 0 Å². The number of hydrogen-bond donors (Lipinski definition) is 4. The Hall–Kier alpha value is -3.12. The molecule has 12 heteroatoms. The number of aromatic hydroxyl groups is 1. The molecule has 1 fully saturated rings. The molecule has 4 N–H and O–H groups in total. The second-order valence-corrected chi connectivity index (χ2v) is 10.3. The Kier molecular flexibility index (Phi) is 6.88. The molecule has 3 heterocycles. The van der Waals surface area contributed by atoms with Gasteiger partial charge in [-0.05, 0) is 47.9 Å². The fourth-order valence-electron chi connectivity index (χ4n) is 4.46. The van der Waals surface area contributed by atoms with Crippen LogP contribution in [0.5, 0.6) is 5.88 Å². The number of benzene rings is 2. The summed E-state index contributed by atoms with van der Waals surface area (Å²) >= 11 is 7.07. The van der Waals surface area contributed by atoms with Crippen LogP contribution in [0.15, 0.2) is 42.6 Å². The molecule has 7 nitrogen and oxygen atoms in total. The number of rotatable bonds is 6. The van der Waals surface area contributed by atoms with E-state index in [2.05, 4.69) is 20.5 Å². The van der Waals surface area contributed by atoms with E-state index < -0.39 is 11.7 Å². The van der Waals surface area contributed by atoms with Crippen molar-refractivity contribution in [1.82, 2.24) is 20.5 Å². The first kappa shape index (κ1) is 25.5. The molecule has 1 aliphatic rings. The zero-order valence-corrected chi connectivity index (χ0v) is 21.1. The van der Waals surface area contributed by atoms with E-state index in [4.69, 9.17) is 11.6 Å². The molecule has 4 aromatic rings. The number of aliphatic hydroxyl groups is 1. The minimum atomic E-state index is -4.63. The maximum absolute atomic E-state index is 13.9. The first-order valence-electron chi connectivity index (χ1n) is 11.4. The highest BCUT2D eigenvalue weighted by molar-refractivity contribution is 7.17. The van der Waals surface area contributed by atoms with Crippen LogP contribution in [0.1, 0.15) is 28.0 Å². The number of halogens is 4. The lowest BCUT2D eigenvalue weighted by Gasteiger charge is -2.22. The number of fused-ring (bicyclic) bond motifs is 1. The van der Waals surface area contributed by atoms with Gasteiger partial charge in [-0.15, -0.1) is 0 Å². The van der Waals surface area contributed by atoms with Crippen molar-refractivity contribution in [3.8, 4) is 5.88 Å². The molecule has 0 radical (unpaired) electrons. The highest BCUT2D eigenvalue weighted by Gasteiger charge is 2.34. The predicted octanol–water partition coefficient (Wildman–Crippen LogP) is 5.15. The van der Waals surface area contributed by atoms with Crippen LogP contribution in [-0.2, 0) is 6.18 Å². The number of aromatic amines is 1. The summed E-state index contributed by atoms with van der Waals surface area (Å²) < 4.78 is 41.6. The molecular formula is C25H23ClF3N5O2S. The van der Waals surface area contributed by atoms with Gasteiger partial charge >= 0.3 is 6.18 Å². The minimum Gasteiger partial charge on any atom is -0.492 e. The second-order valence-electron chi connectivity index (χ2n) is 8.90. The lowest BCUT2D eigenvalue weighted by atomic mass is 9.98. The maximum atomic E-state index is 13.9. The van der Waals surface area contributed by atoms with E-state index in [9.17, 15) is 23.4 Å². The first-order valence-corrected chi connectivity index (χ1v) is 12.6. The number of aliphatic hydroxyl groups excluding tert-OH is 1. The molecule has 194 valence electrons. The monoisotopic (exact) mass is 549 g/mol. The predicted molar refractivity (Wildman–Crippen MR) is 139 cm³/mol. The third-order valence-corrected chi connectivity index (χ3v) is 7.89. The number of aromatic nitrogens is 3. The van der Waals surface area contributed by atoms with Crippen LogP contribution >= 0.6 is 22.9 Å². The summed E-state index contributed by atoms with van der Waals surface area (Å²) in [6.07, 6.45) is -0.912. The molecule has 5 rings (SSSR count). The molecule has 0 saturated carbocycles. The largest absolute Gasteiger partial charge is 0.492 e. The number of thiazole rings is 1. The van der Waals surface area contributed by atoms with E-state index in [1.165, 1.54) is 29.5 Å². The summed E-state index contributed by atoms with van der Waals surface area (Å²) in [6.45, 7) is 0.654. The zero-order valence-electron chi connectivity index (χ0n) is 19.6. The van der Waals surface area contributed by atoms with Crippen LogP contribution in [0, 0.1) is 0 Å². The summed E-state index contributed by atoms with van der Waals surface area (Å²) in [7, 11) is 1.84. The lowest BCUT2D eigenvalue weighted by molar-refractivity contribution is -0.137. The van der Waals surface area contributed by atoms with Crippen molar-refractivity contribution in [3.63, 3.8) is 0 Å². The van der Waals surface area contributed by atoms with Crippen LogP contribution in [0.4, 0.5) is 18.3 Å². The molecule has 37 heavy (non-hydrogen) atoms. The average Bonchev–Trinajstić information content (AvgIpc) is 3.61. The summed E-state index contributed by atoms with van der Waals surface area (Å²) in [6, 6.07) is 8.94. The van der Waals surface area contributed by atoms with Gasteiger partial charge in [-0.1, -0.05) is 35.1 Å². The smallest absolute Gasteiger partial charge is 0.417 e. The van der Waals surface area contributed by atoms with Crippen molar-refractivity contribution in [2.45, 2.75) is 24.7 Å². The third-order valence-electron chi connectivity index (χ3n) is 6.48. The van der Waals surface area contributed by atoms with Gasteiger partial charge in [0.25, 0.3) is 0 Å². The number of likely N-dealkylation sites (N-methyl/N-ethyl adjacent to an activating group) is 1. The Morgan fingerprint density at radius 2 is 2.08 bits per heavy atom. The number of H-pyrrole nitrogens is 1. The van der Waals surface area contributed by atoms with E-state index in [-0.39, 0.29) is 35.2 Å². The van der Waals surface area contributed by atoms with Gasteiger partial charge in [0, 0.05) is 41.7 Å². The van der Waals surface area contributed by atoms with E-state index in [1.54, 1.807) is 24.4 Å². The van der Waals surface area contributed by atoms with Gasteiger partial charge in [-0.3, -0.25) is 5.10 Å². The van der Waals surface area contributed by atoms with Crippen LogP contribution in [0.2, 0.25) is 5.02 Å². The standard InChI is InChI=1S/C25H23ClF3N5O2S/c1-34(18-9-17(12-35)30-11-18)24-32-23(36)22(37-24)19(13-3-5-21-15(6-13)10-31-33-21)7-14-2-4-16(26)8-20(14)25(27,28)29/h2-8,10,17-18,30,35-36H,9,11-12H2,1H3,(H,31,33). The molecule has 2 unspecified atom stereocenters. The lowest BCUT2D eigenvalue weighted by Crippen LogP contribution is -2.33. The second kappa shape index (κ2) is 9.97. The quantitative estimate of drug-likeness (QED) is 0.249. The van der Waals surface area contributed by atoms with Gasteiger partial charge in [0.05, 0.1) is 23.9 Å². The van der Waals surface area contributed by atoms with Crippen LogP contribution in [0.3, 0.4) is 0 Å². The zero-order chi connectivity index (χ0) is 26.3. The van der Waals surface area contributed by atoms with E-state index in [0.29, 0.717) is 34.1 Å². The number of nitrogens with one attached hydrogen (secondary N) is 2. The maximum Gasteiger partial charge on any atom is 0.417 e. The Morgan fingerprint density at radius 1 is 1.27 bits per heavy atom. The fraction of sp³-hybridized carbons (Fsp3) is 0.280. The molecule has 1 aliphatic heterocycles. The van der Waals surface area contributed by atoms with Gasteiger partial charge in [-0.2, -0.15) is 23.3 Å². The third kappa shape index (κ3) is 5.17. The van der Waals surface area contributed by atoms with Gasteiger partial charge in [-0.25, -0.2) is 0 Å². The molecule has 0 aliphatic carbocycles. The van der Waals surface area contributed by atoms with Gasteiger partial charge in [0.1, 0.15) is 4.88 Å². The Bertz CT molecular complexity index is 1470. The summed E-state index contributed by atoms with van der Waals surface area (Å²) in [5.74, 6) is -0.280. The Labute approximate surface area is 219 Å². The highest BCUT2D eigenvalue weighted by Crippen LogP contribution is 2.42. The molecule has 2 aromatic carbocycles. The van der Waals surface area contributed by atoms with Crippen molar-refractivity contribution >= 4 is 50.6 Å². The topological polar surface area (TPSA) is 97.3 Å². The van der Waals surface area contributed by atoms with E-state index >= 15 is 0 Å². The Morgan fingerprint density at radius 3 is 2.81 bits per heavy atom. The molecule has 2 atom stereocenters.